The maximum Gasteiger partial charge on any atom is 0.124 e. The first-order chi connectivity index (χ1) is 10.1. The highest BCUT2D eigenvalue weighted by atomic mass is 16.5. The number of rotatable bonds is 5. The molecule has 21 heavy (non-hydrogen) atoms. The van der Waals surface area contributed by atoms with Gasteiger partial charge in [-0.25, -0.2) is 0 Å². The molecule has 2 aromatic rings. The quantitative estimate of drug-likeness (QED) is 0.653. The average Bonchev–Trinajstić information content (AvgIpc) is 2.53. The zero-order valence-corrected chi connectivity index (χ0v) is 12.7. The van der Waals surface area contributed by atoms with Crippen LogP contribution >= 0.6 is 0 Å². The average molecular weight is 283 g/mol. The molecule has 0 unspecified atom stereocenters. The van der Waals surface area contributed by atoms with Crippen LogP contribution in [0.4, 0.5) is 11.4 Å². The Balaban J connectivity index is 2.44. The van der Waals surface area contributed by atoms with E-state index >= 15 is 0 Å². The van der Waals surface area contributed by atoms with E-state index in [9.17, 15) is 0 Å². The number of methoxy groups -OCH3 is 1. The van der Waals surface area contributed by atoms with Crippen molar-refractivity contribution in [3.05, 3.63) is 53.6 Å². The van der Waals surface area contributed by atoms with Gasteiger partial charge < -0.3 is 15.4 Å². The number of amidine groups is 1. The summed E-state index contributed by atoms with van der Waals surface area (Å²) in [5, 5.41) is 7.73. The van der Waals surface area contributed by atoms with Gasteiger partial charge in [-0.05, 0) is 36.2 Å². The lowest BCUT2D eigenvalue weighted by Crippen LogP contribution is -2.18. The van der Waals surface area contributed by atoms with Crippen LogP contribution in [-0.4, -0.2) is 20.0 Å². The van der Waals surface area contributed by atoms with Crippen molar-refractivity contribution in [2.45, 2.75) is 13.3 Å². The Labute approximate surface area is 125 Å². The number of nitrogens with one attached hydrogen (secondary N) is 1. The lowest BCUT2D eigenvalue weighted by atomic mass is 10.1. The van der Waals surface area contributed by atoms with E-state index < -0.39 is 0 Å². The summed E-state index contributed by atoms with van der Waals surface area (Å²) in [5.41, 5.74) is 9.57. The Morgan fingerprint density at radius 2 is 1.86 bits per heavy atom. The van der Waals surface area contributed by atoms with Crippen molar-refractivity contribution in [1.29, 1.82) is 5.41 Å². The molecule has 0 spiro atoms. The highest BCUT2D eigenvalue weighted by molar-refractivity contribution is 6.01. The molecule has 2 aromatic carbocycles. The predicted molar refractivity (Wildman–Crippen MR) is 87.9 cm³/mol. The van der Waals surface area contributed by atoms with Crippen LogP contribution < -0.4 is 15.4 Å². The third-order valence-corrected chi connectivity index (χ3v) is 3.59. The summed E-state index contributed by atoms with van der Waals surface area (Å²) in [6, 6.07) is 13.9. The lowest BCUT2D eigenvalue weighted by molar-refractivity contribution is 0.415. The fraction of sp³-hybridized carbons (Fsp3) is 0.235. The zero-order valence-electron chi connectivity index (χ0n) is 12.7. The molecule has 0 aliphatic rings. The number of aryl methyl sites for hydroxylation is 1. The SMILES string of the molecule is CCc1ccc(N(C)c2cc(OC)ccc2C(=N)N)cc1. The van der Waals surface area contributed by atoms with Gasteiger partial charge in [-0.2, -0.15) is 0 Å². The molecule has 0 aliphatic carbocycles. The van der Waals surface area contributed by atoms with E-state index in [1.165, 1.54) is 5.56 Å². The van der Waals surface area contributed by atoms with Crippen LogP contribution in [0.15, 0.2) is 42.5 Å². The molecule has 0 amide bonds. The van der Waals surface area contributed by atoms with Crippen molar-refractivity contribution in [3.63, 3.8) is 0 Å². The number of hydrogen-bond donors (Lipinski definition) is 2. The van der Waals surface area contributed by atoms with Crippen LogP contribution in [0, 0.1) is 5.41 Å². The molecule has 0 heterocycles. The molecule has 2 rings (SSSR count). The van der Waals surface area contributed by atoms with Gasteiger partial charge in [0.15, 0.2) is 0 Å². The number of hydrogen-bond acceptors (Lipinski definition) is 3. The van der Waals surface area contributed by atoms with Gasteiger partial charge in [0, 0.05) is 24.4 Å². The minimum absolute atomic E-state index is 0.0460. The number of anilines is 2. The predicted octanol–water partition coefficient (Wildman–Crippen LogP) is 3.31. The number of nitrogens with two attached hydrogens (primary N) is 1. The van der Waals surface area contributed by atoms with Gasteiger partial charge in [-0.15, -0.1) is 0 Å². The Morgan fingerprint density at radius 3 is 2.38 bits per heavy atom. The second-order valence-electron chi connectivity index (χ2n) is 4.88. The molecule has 3 N–H and O–H groups in total. The molecule has 0 aliphatic heterocycles. The molecule has 4 heteroatoms. The molecule has 0 saturated heterocycles. The number of nitrogens with zero attached hydrogens (tertiary/aromatic N) is 1. The van der Waals surface area contributed by atoms with Crippen molar-refractivity contribution in [1.82, 2.24) is 0 Å². The minimum Gasteiger partial charge on any atom is -0.497 e. The molecule has 0 radical (unpaired) electrons. The summed E-state index contributed by atoms with van der Waals surface area (Å²) in [4.78, 5) is 2.01. The molecular weight excluding hydrogens is 262 g/mol. The normalized spacial score (nSPS) is 10.2. The lowest BCUT2D eigenvalue weighted by Gasteiger charge is -2.23. The summed E-state index contributed by atoms with van der Waals surface area (Å²) >= 11 is 0. The maximum absolute atomic E-state index is 7.73. The molecule has 4 nitrogen and oxygen atoms in total. The van der Waals surface area contributed by atoms with Gasteiger partial charge in [-0.1, -0.05) is 19.1 Å². The van der Waals surface area contributed by atoms with Crippen LogP contribution in [-0.2, 0) is 6.42 Å². The van der Waals surface area contributed by atoms with Gasteiger partial charge in [0.25, 0.3) is 0 Å². The number of benzene rings is 2. The summed E-state index contributed by atoms with van der Waals surface area (Å²) in [5.74, 6) is 0.789. The van der Waals surface area contributed by atoms with Crippen molar-refractivity contribution < 1.29 is 4.74 Å². The molecule has 110 valence electrons. The van der Waals surface area contributed by atoms with Gasteiger partial charge in [-0.3, -0.25) is 5.41 Å². The largest absolute Gasteiger partial charge is 0.497 e. The van der Waals surface area contributed by atoms with E-state index in [0.717, 1.165) is 23.5 Å². The number of ether oxygens (including phenoxy) is 1. The van der Waals surface area contributed by atoms with Crippen LogP contribution in [0.5, 0.6) is 5.75 Å². The fourth-order valence-electron chi connectivity index (χ4n) is 2.24. The van der Waals surface area contributed by atoms with Crippen LogP contribution in [0.2, 0.25) is 0 Å². The Morgan fingerprint density at radius 1 is 1.19 bits per heavy atom. The first-order valence-electron chi connectivity index (χ1n) is 6.92. The number of nitrogen functional groups attached to an aromatic ring is 1. The van der Waals surface area contributed by atoms with Crippen molar-refractivity contribution in [2.75, 3.05) is 19.1 Å². The highest BCUT2D eigenvalue weighted by Crippen LogP contribution is 2.30. The Hall–Kier alpha value is -2.49. The van der Waals surface area contributed by atoms with Crippen LogP contribution in [0.3, 0.4) is 0 Å². The second-order valence-corrected chi connectivity index (χ2v) is 4.88. The van der Waals surface area contributed by atoms with Gasteiger partial charge in [0.05, 0.1) is 12.8 Å². The standard InChI is InChI=1S/C17H21N3O/c1-4-12-5-7-13(8-6-12)20(2)16-11-14(21-3)9-10-15(16)17(18)19/h5-11H,4H2,1-3H3,(H3,18,19). The van der Waals surface area contributed by atoms with Crippen LogP contribution in [0.1, 0.15) is 18.1 Å². The molecule has 0 bridgehead atoms. The van der Waals surface area contributed by atoms with Crippen molar-refractivity contribution in [2.24, 2.45) is 5.73 Å². The summed E-state index contributed by atoms with van der Waals surface area (Å²) in [6.45, 7) is 2.13. The summed E-state index contributed by atoms with van der Waals surface area (Å²) in [6.07, 6.45) is 1.02. The van der Waals surface area contributed by atoms with Crippen molar-refractivity contribution in [3.8, 4) is 5.75 Å². The third-order valence-electron chi connectivity index (χ3n) is 3.59. The van der Waals surface area contributed by atoms with E-state index in [2.05, 4.69) is 31.2 Å². The zero-order chi connectivity index (χ0) is 15.4. The first kappa shape index (κ1) is 14.9. The van der Waals surface area contributed by atoms with Gasteiger partial charge >= 0.3 is 0 Å². The summed E-state index contributed by atoms with van der Waals surface area (Å²) < 4.78 is 5.27. The molecular formula is C17H21N3O. The Bertz CT molecular complexity index is 635. The second kappa shape index (κ2) is 6.31. The Kier molecular flexibility index (Phi) is 4.48. The molecule has 0 aromatic heterocycles. The fourth-order valence-corrected chi connectivity index (χ4v) is 2.24. The third kappa shape index (κ3) is 3.16. The van der Waals surface area contributed by atoms with E-state index in [-0.39, 0.29) is 5.84 Å². The van der Waals surface area contributed by atoms with Crippen LogP contribution in [0.25, 0.3) is 0 Å². The van der Waals surface area contributed by atoms with E-state index in [4.69, 9.17) is 15.9 Å². The molecule has 0 fully saturated rings. The van der Waals surface area contributed by atoms with E-state index in [0.29, 0.717) is 5.56 Å². The monoisotopic (exact) mass is 283 g/mol. The first-order valence-corrected chi connectivity index (χ1v) is 6.92. The topological polar surface area (TPSA) is 62.3 Å². The highest BCUT2D eigenvalue weighted by Gasteiger charge is 2.13. The van der Waals surface area contributed by atoms with Crippen molar-refractivity contribution >= 4 is 17.2 Å². The van der Waals surface area contributed by atoms with Gasteiger partial charge in [0.2, 0.25) is 0 Å². The van der Waals surface area contributed by atoms with Gasteiger partial charge in [0.1, 0.15) is 11.6 Å². The van der Waals surface area contributed by atoms with E-state index in [1.807, 2.05) is 30.1 Å². The molecule has 0 saturated carbocycles. The maximum atomic E-state index is 7.73. The molecule has 0 atom stereocenters. The minimum atomic E-state index is 0.0460. The van der Waals surface area contributed by atoms with E-state index in [1.54, 1.807) is 7.11 Å². The summed E-state index contributed by atoms with van der Waals surface area (Å²) in [7, 11) is 3.59. The smallest absolute Gasteiger partial charge is 0.124 e.